The highest BCUT2D eigenvalue weighted by atomic mass is 35.5. The SMILES string of the molecule is COc1cc(OC)c(C2=NO[C@]3(CC(=O)N(c4cccc(Cl)c4)C3=O)C2)cc1OC. The Morgan fingerprint density at radius 3 is 2.37 bits per heavy atom. The zero-order valence-electron chi connectivity index (χ0n) is 16.6. The van der Waals surface area contributed by atoms with Crippen LogP contribution in [0, 0.1) is 0 Å². The van der Waals surface area contributed by atoms with Gasteiger partial charge in [0, 0.05) is 23.1 Å². The van der Waals surface area contributed by atoms with E-state index in [0.717, 1.165) is 4.90 Å². The molecule has 8 nitrogen and oxygen atoms in total. The van der Waals surface area contributed by atoms with Gasteiger partial charge in [0.05, 0.1) is 39.1 Å². The number of nitrogens with zero attached hydrogens (tertiary/aromatic N) is 2. The van der Waals surface area contributed by atoms with Crippen LogP contribution in [-0.2, 0) is 14.4 Å². The monoisotopic (exact) mass is 430 g/mol. The van der Waals surface area contributed by atoms with E-state index in [9.17, 15) is 9.59 Å². The predicted octanol–water partition coefficient (Wildman–Crippen LogP) is 3.19. The molecule has 1 atom stereocenters. The summed E-state index contributed by atoms with van der Waals surface area (Å²) >= 11 is 6.02. The normalized spacial score (nSPS) is 20.4. The van der Waals surface area contributed by atoms with E-state index in [0.29, 0.717) is 39.2 Å². The minimum Gasteiger partial charge on any atom is -0.496 e. The van der Waals surface area contributed by atoms with E-state index in [1.165, 1.54) is 21.3 Å². The fraction of sp³-hybridized carbons (Fsp3) is 0.286. The van der Waals surface area contributed by atoms with E-state index < -0.39 is 11.5 Å². The zero-order valence-corrected chi connectivity index (χ0v) is 17.4. The van der Waals surface area contributed by atoms with Crippen molar-refractivity contribution >= 4 is 34.8 Å². The molecule has 9 heteroatoms. The lowest BCUT2D eigenvalue weighted by Crippen LogP contribution is -2.40. The summed E-state index contributed by atoms with van der Waals surface area (Å²) in [7, 11) is 4.56. The van der Waals surface area contributed by atoms with Crippen molar-refractivity contribution in [1.82, 2.24) is 0 Å². The molecule has 0 unspecified atom stereocenters. The first-order valence-corrected chi connectivity index (χ1v) is 9.48. The number of benzene rings is 2. The van der Waals surface area contributed by atoms with Crippen LogP contribution in [0.4, 0.5) is 5.69 Å². The Labute approximate surface area is 177 Å². The highest BCUT2D eigenvalue weighted by molar-refractivity contribution is 6.31. The Morgan fingerprint density at radius 2 is 1.70 bits per heavy atom. The van der Waals surface area contributed by atoms with Gasteiger partial charge in [0.25, 0.3) is 5.91 Å². The van der Waals surface area contributed by atoms with Crippen LogP contribution in [0.5, 0.6) is 17.2 Å². The number of halogens is 1. The predicted molar refractivity (Wildman–Crippen MR) is 110 cm³/mol. The number of rotatable bonds is 5. The number of oxime groups is 1. The molecular weight excluding hydrogens is 412 g/mol. The Balaban J connectivity index is 1.66. The van der Waals surface area contributed by atoms with Gasteiger partial charge in [-0.15, -0.1) is 0 Å². The lowest BCUT2D eigenvalue weighted by Gasteiger charge is -2.19. The maximum absolute atomic E-state index is 13.2. The molecule has 1 saturated heterocycles. The second-order valence-corrected chi connectivity index (χ2v) is 7.34. The standard InChI is InChI=1S/C21H19ClN2O6/c1-27-16-9-18(29-3)17(28-2)8-14(16)15-10-21(30-23-15)11-19(25)24(20(21)26)13-6-4-5-12(22)7-13/h4-9H,10-11H2,1-3H3/t21-/m0/s1. The number of carbonyl (C=O) groups is 2. The molecule has 2 aliphatic heterocycles. The summed E-state index contributed by atoms with van der Waals surface area (Å²) in [5.74, 6) is 0.597. The molecule has 2 aromatic carbocycles. The molecule has 0 N–H and O–H groups in total. The van der Waals surface area contributed by atoms with Crippen molar-refractivity contribution in [3.05, 3.63) is 47.0 Å². The van der Waals surface area contributed by atoms with Crippen molar-refractivity contribution in [1.29, 1.82) is 0 Å². The molecular formula is C21H19ClN2O6. The minimum atomic E-state index is -1.40. The first-order chi connectivity index (χ1) is 14.4. The Bertz CT molecular complexity index is 1070. The fourth-order valence-corrected chi connectivity index (χ4v) is 3.86. The van der Waals surface area contributed by atoms with Crippen LogP contribution in [0.15, 0.2) is 41.6 Å². The van der Waals surface area contributed by atoms with Gasteiger partial charge >= 0.3 is 0 Å². The van der Waals surface area contributed by atoms with Crippen LogP contribution in [-0.4, -0.2) is 44.5 Å². The molecule has 156 valence electrons. The number of anilines is 1. The van der Waals surface area contributed by atoms with Crippen LogP contribution in [0.2, 0.25) is 5.02 Å². The summed E-state index contributed by atoms with van der Waals surface area (Å²) in [6.45, 7) is 0. The van der Waals surface area contributed by atoms with Gasteiger partial charge in [-0.1, -0.05) is 22.8 Å². The lowest BCUT2D eigenvalue weighted by atomic mass is 9.92. The molecule has 0 aliphatic carbocycles. The van der Waals surface area contributed by atoms with Crippen molar-refractivity contribution in [2.75, 3.05) is 26.2 Å². The van der Waals surface area contributed by atoms with Crippen LogP contribution < -0.4 is 19.1 Å². The van der Waals surface area contributed by atoms with E-state index in [1.807, 2.05) is 0 Å². The summed E-state index contributed by atoms with van der Waals surface area (Å²) in [5, 5.41) is 4.55. The van der Waals surface area contributed by atoms with Crippen molar-refractivity contribution < 1.29 is 28.6 Å². The number of ether oxygens (including phenoxy) is 3. The third-order valence-corrected chi connectivity index (χ3v) is 5.38. The average molecular weight is 431 g/mol. The maximum atomic E-state index is 13.2. The Kier molecular flexibility index (Phi) is 5.03. The van der Waals surface area contributed by atoms with Gasteiger partial charge in [0.2, 0.25) is 11.5 Å². The van der Waals surface area contributed by atoms with E-state index in [4.69, 9.17) is 30.6 Å². The van der Waals surface area contributed by atoms with Gasteiger partial charge in [-0.2, -0.15) is 0 Å². The van der Waals surface area contributed by atoms with Gasteiger partial charge in [-0.05, 0) is 24.3 Å². The van der Waals surface area contributed by atoms with Gasteiger partial charge in [-0.3, -0.25) is 9.59 Å². The first-order valence-electron chi connectivity index (χ1n) is 9.11. The van der Waals surface area contributed by atoms with Crippen molar-refractivity contribution in [2.24, 2.45) is 5.16 Å². The van der Waals surface area contributed by atoms with Crippen molar-refractivity contribution in [3.8, 4) is 17.2 Å². The number of hydrogen-bond donors (Lipinski definition) is 0. The molecule has 4 rings (SSSR count). The molecule has 2 aliphatic rings. The van der Waals surface area contributed by atoms with Gasteiger partial charge in [0.1, 0.15) is 5.75 Å². The van der Waals surface area contributed by atoms with Gasteiger partial charge < -0.3 is 19.0 Å². The Morgan fingerprint density at radius 1 is 1.00 bits per heavy atom. The second kappa shape index (κ2) is 7.53. The molecule has 1 spiro atoms. The Hall–Kier alpha value is -3.26. The highest BCUT2D eigenvalue weighted by Gasteiger charge is 2.58. The fourth-order valence-electron chi connectivity index (χ4n) is 3.68. The molecule has 0 bridgehead atoms. The lowest BCUT2D eigenvalue weighted by molar-refractivity contribution is -0.136. The number of carbonyl (C=O) groups excluding carboxylic acids is 2. The molecule has 1 fully saturated rings. The molecule has 0 radical (unpaired) electrons. The smallest absolute Gasteiger partial charge is 0.281 e. The molecule has 2 heterocycles. The van der Waals surface area contributed by atoms with E-state index in [-0.39, 0.29) is 18.7 Å². The molecule has 0 aromatic heterocycles. The van der Waals surface area contributed by atoms with E-state index in [1.54, 1.807) is 36.4 Å². The summed E-state index contributed by atoms with van der Waals surface area (Å²) in [6, 6.07) is 9.92. The highest BCUT2D eigenvalue weighted by Crippen LogP contribution is 2.42. The number of amides is 2. The molecule has 0 saturated carbocycles. The van der Waals surface area contributed by atoms with E-state index in [2.05, 4.69) is 5.16 Å². The number of methoxy groups -OCH3 is 3. The number of imide groups is 1. The summed E-state index contributed by atoms with van der Waals surface area (Å²) in [4.78, 5) is 32.5. The molecule has 30 heavy (non-hydrogen) atoms. The van der Waals surface area contributed by atoms with Crippen molar-refractivity contribution in [3.63, 3.8) is 0 Å². The summed E-state index contributed by atoms with van der Waals surface area (Å²) < 4.78 is 16.1. The molecule has 2 aromatic rings. The third kappa shape index (κ3) is 3.13. The minimum absolute atomic E-state index is 0.112. The van der Waals surface area contributed by atoms with Crippen molar-refractivity contribution in [2.45, 2.75) is 18.4 Å². The first kappa shape index (κ1) is 20.0. The van der Waals surface area contributed by atoms with Crippen LogP contribution in [0.1, 0.15) is 18.4 Å². The van der Waals surface area contributed by atoms with Crippen LogP contribution in [0.25, 0.3) is 0 Å². The summed E-state index contributed by atoms with van der Waals surface area (Å²) in [6.07, 6.45) is -0.0125. The maximum Gasteiger partial charge on any atom is 0.281 e. The average Bonchev–Trinajstić information content (AvgIpc) is 3.27. The third-order valence-electron chi connectivity index (χ3n) is 5.15. The number of hydrogen-bond acceptors (Lipinski definition) is 7. The molecule has 2 amide bonds. The van der Waals surface area contributed by atoms with Crippen LogP contribution >= 0.6 is 11.6 Å². The quantitative estimate of drug-likeness (QED) is 0.677. The second-order valence-electron chi connectivity index (χ2n) is 6.90. The van der Waals surface area contributed by atoms with E-state index >= 15 is 0 Å². The summed E-state index contributed by atoms with van der Waals surface area (Å²) in [5.41, 5.74) is 0.0675. The topological polar surface area (TPSA) is 86.7 Å². The van der Waals surface area contributed by atoms with Crippen LogP contribution in [0.3, 0.4) is 0 Å². The van der Waals surface area contributed by atoms with Gasteiger partial charge in [0.15, 0.2) is 11.5 Å². The van der Waals surface area contributed by atoms with Gasteiger partial charge in [-0.25, -0.2) is 4.90 Å². The zero-order chi connectivity index (χ0) is 21.5. The largest absolute Gasteiger partial charge is 0.496 e.